The molecule has 2 amide bonds. The molecule has 1 fully saturated rings. The number of nitrogens with zero attached hydrogens (tertiary/aromatic N) is 3. The number of carbonyl (C=O) groups is 3. The van der Waals surface area contributed by atoms with E-state index in [0.29, 0.717) is 24.0 Å². The van der Waals surface area contributed by atoms with Gasteiger partial charge in [-0.3, -0.25) is 19.3 Å². The first-order chi connectivity index (χ1) is 15.8. The zero-order valence-electron chi connectivity index (χ0n) is 19.5. The lowest BCUT2D eigenvalue weighted by Gasteiger charge is -2.43. The molecule has 2 unspecified atom stereocenters. The molecule has 2 atom stereocenters. The van der Waals surface area contributed by atoms with Gasteiger partial charge in [-0.05, 0) is 37.6 Å². The van der Waals surface area contributed by atoms with Crippen LogP contribution in [0.1, 0.15) is 46.2 Å². The van der Waals surface area contributed by atoms with Crippen molar-refractivity contribution in [2.75, 3.05) is 33.7 Å². The second-order valence-electron chi connectivity index (χ2n) is 8.92. The van der Waals surface area contributed by atoms with Crippen LogP contribution in [0, 0.1) is 0 Å². The number of hydrogen-bond donors (Lipinski definition) is 1. The maximum Gasteiger partial charge on any atom is 0.294 e. The zero-order valence-corrected chi connectivity index (χ0v) is 19.5. The molecule has 33 heavy (non-hydrogen) atoms. The predicted octanol–water partition coefficient (Wildman–Crippen LogP) is 3.35. The molecule has 2 aromatic carbocycles. The minimum absolute atomic E-state index is 0.0608. The van der Waals surface area contributed by atoms with Crippen LogP contribution in [0.5, 0.6) is 0 Å². The normalized spacial score (nSPS) is 17.7. The number of rotatable bonds is 5. The summed E-state index contributed by atoms with van der Waals surface area (Å²) in [7, 11) is 3.09. The Balaban J connectivity index is 1.52. The van der Waals surface area contributed by atoms with E-state index < -0.39 is 11.7 Å². The van der Waals surface area contributed by atoms with E-state index in [2.05, 4.69) is 48.0 Å². The van der Waals surface area contributed by atoms with Crippen molar-refractivity contribution in [2.45, 2.75) is 25.9 Å². The van der Waals surface area contributed by atoms with Gasteiger partial charge in [0.2, 0.25) is 0 Å². The molecular formula is C26H30N4O3. The average molecular weight is 447 g/mol. The Labute approximate surface area is 194 Å². The summed E-state index contributed by atoms with van der Waals surface area (Å²) in [5.74, 6) is -1.24. The van der Waals surface area contributed by atoms with Crippen molar-refractivity contribution < 1.29 is 14.4 Å². The van der Waals surface area contributed by atoms with Gasteiger partial charge in [0.1, 0.15) is 0 Å². The highest BCUT2D eigenvalue weighted by Gasteiger charge is 2.31. The van der Waals surface area contributed by atoms with Crippen LogP contribution in [0.4, 0.5) is 0 Å². The molecule has 7 heteroatoms. The Bertz CT molecular complexity index is 1180. The molecule has 0 aliphatic carbocycles. The molecule has 0 spiro atoms. The number of aromatic amines is 1. The Hall–Kier alpha value is -3.45. The third-order valence-corrected chi connectivity index (χ3v) is 6.52. The number of carbonyl (C=O) groups excluding carboxylic acids is 3. The Kier molecular flexibility index (Phi) is 6.33. The molecule has 7 nitrogen and oxygen atoms in total. The lowest BCUT2D eigenvalue weighted by atomic mass is 10.0. The first-order valence-corrected chi connectivity index (χ1v) is 11.2. The van der Waals surface area contributed by atoms with Crippen LogP contribution >= 0.6 is 0 Å². The summed E-state index contributed by atoms with van der Waals surface area (Å²) < 4.78 is 0. The molecule has 4 rings (SSSR count). The predicted molar refractivity (Wildman–Crippen MR) is 128 cm³/mol. The van der Waals surface area contributed by atoms with Gasteiger partial charge in [0.25, 0.3) is 17.6 Å². The van der Waals surface area contributed by atoms with Crippen LogP contribution < -0.4 is 0 Å². The van der Waals surface area contributed by atoms with Crippen molar-refractivity contribution in [1.82, 2.24) is 19.7 Å². The molecule has 1 saturated heterocycles. The summed E-state index contributed by atoms with van der Waals surface area (Å²) in [6, 6.07) is 16.2. The lowest BCUT2D eigenvalue weighted by Crippen LogP contribution is -2.54. The van der Waals surface area contributed by atoms with Crippen LogP contribution in [0.25, 0.3) is 10.9 Å². The molecule has 2 heterocycles. The number of fused-ring (bicyclic) bond motifs is 1. The monoisotopic (exact) mass is 446 g/mol. The minimum Gasteiger partial charge on any atom is -0.360 e. The van der Waals surface area contributed by atoms with Crippen molar-refractivity contribution >= 4 is 28.5 Å². The van der Waals surface area contributed by atoms with Gasteiger partial charge in [0.05, 0.1) is 5.56 Å². The van der Waals surface area contributed by atoms with E-state index >= 15 is 0 Å². The SMILES string of the molecule is CC1CN(C(=O)c2ccc3[nH]cc(C(=O)C(=O)N(C)C)c3c2)CCN1C(C)c1ccccc1. The highest BCUT2D eigenvalue weighted by molar-refractivity contribution is 6.44. The molecule has 0 saturated carbocycles. The number of likely N-dealkylation sites (N-methyl/N-ethyl adjacent to an activating group) is 1. The van der Waals surface area contributed by atoms with E-state index in [9.17, 15) is 14.4 Å². The Morgan fingerprint density at radius 2 is 1.79 bits per heavy atom. The van der Waals surface area contributed by atoms with E-state index in [0.717, 1.165) is 12.1 Å². The van der Waals surface area contributed by atoms with Gasteiger partial charge >= 0.3 is 0 Å². The summed E-state index contributed by atoms with van der Waals surface area (Å²) in [4.78, 5) is 46.7. The van der Waals surface area contributed by atoms with Crippen LogP contribution in [0.3, 0.4) is 0 Å². The topological polar surface area (TPSA) is 76.7 Å². The molecule has 1 aliphatic rings. The largest absolute Gasteiger partial charge is 0.360 e. The second kappa shape index (κ2) is 9.19. The van der Waals surface area contributed by atoms with E-state index in [1.54, 1.807) is 32.3 Å². The fourth-order valence-corrected chi connectivity index (χ4v) is 4.60. The first kappa shape index (κ1) is 22.7. The van der Waals surface area contributed by atoms with E-state index in [1.807, 2.05) is 11.0 Å². The number of benzene rings is 2. The van der Waals surface area contributed by atoms with Crippen molar-refractivity contribution in [3.8, 4) is 0 Å². The second-order valence-corrected chi connectivity index (χ2v) is 8.92. The fraction of sp³-hybridized carbons (Fsp3) is 0.346. The Morgan fingerprint density at radius 3 is 2.45 bits per heavy atom. The number of amides is 2. The van der Waals surface area contributed by atoms with Crippen LogP contribution in [-0.2, 0) is 4.79 Å². The van der Waals surface area contributed by atoms with Crippen molar-refractivity contribution in [1.29, 1.82) is 0 Å². The molecule has 1 aliphatic heterocycles. The van der Waals surface area contributed by atoms with Crippen LogP contribution in [0.2, 0.25) is 0 Å². The van der Waals surface area contributed by atoms with Gasteiger partial charge in [-0.15, -0.1) is 0 Å². The molecule has 172 valence electrons. The van der Waals surface area contributed by atoms with Gasteiger partial charge in [-0.2, -0.15) is 0 Å². The van der Waals surface area contributed by atoms with Gasteiger partial charge in [0.15, 0.2) is 0 Å². The summed E-state index contributed by atoms with van der Waals surface area (Å²) in [5, 5.41) is 0.588. The molecule has 1 N–H and O–H groups in total. The number of Topliss-reactive ketones (excluding diaryl/α,β-unsaturated/α-hetero) is 1. The fourth-order valence-electron chi connectivity index (χ4n) is 4.60. The maximum absolute atomic E-state index is 13.3. The quantitative estimate of drug-likeness (QED) is 0.482. The summed E-state index contributed by atoms with van der Waals surface area (Å²) in [6.07, 6.45) is 1.54. The number of piperazine rings is 1. The van der Waals surface area contributed by atoms with Crippen molar-refractivity contribution in [3.63, 3.8) is 0 Å². The van der Waals surface area contributed by atoms with E-state index in [1.165, 1.54) is 16.7 Å². The molecular weight excluding hydrogens is 416 g/mol. The van der Waals surface area contributed by atoms with Crippen molar-refractivity contribution in [2.24, 2.45) is 0 Å². The average Bonchev–Trinajstić information content (AvgIpc) is 3.25. The van der Waals surface area contributed by atoms with Gasteiger partial charge in [-0.25, -0.2) is 0 Å². The van der Waals surface area contributed by atoms with Crippen molar-refractivity contribution in [3.05, 3.63) is 71.4 Å². The Morgan fingerprint density at radius 1 is 1.06 bits per heavy atom. The summed E-state index contributed by atoms with van der Waals surface area (Å²) in [5.41, 5.74) is 2.79. The molecule has 0 bridgehead atoms. The van der Waals surface area contributed by atoms with E-state index in [4.69, 9.17) is 0 Å². The smallest absolute Gasteiger partial charge is 0.294 e. The van der Waals surface area contributed by atoms with Gasteiger partial charge in [-0.1, -0.05) is 30.3 Å². The highest BCUT2D eigenvalue weighted by atomic mass is 16.2. The van der Waals surface area contributed by atoms with Gasteiger partial charge < -0.3 is 14.8 Å². The van der Waals surface area contributed by atoms with E-state index in [-0.39, 0.29) is 23.6 Å². The zero-order chi connectivity index (χ0) is 23.7. The number of aromatic nitrogens is 1. The highest BCUT2D eigenvalue weighted by Crippen LogP contribution is 2.26. The molecule has 1 aromatic heterocycles. The third kappa shape index (κ3) is 4.41. The molecule has 0 radical (unpaired) electrons. The summed E-state index contributed by atoms with van der Waals surface area (Å²) in [6.45, 7) is 6.41. The van der Waals surface area contributed by atoms with Crippen LogP contribution in [0.15, 0.2) is 54.7 Å². The number of hydrogen-bond acceptors (Lipinski definition) is 4. The van der Waals surface area contributed by atoms with Crippen LogP contribution in [-0.4, -0.2) is 77.1 Å². The summed E-state index contributed by atoms with van der Waals surface area (Å²) >= 11 is 0. The standard InChI is InChI=1S/C26H30N4O3/c1-17-16-29(12-13-30(17)18(2)19-8-6-5-7-9-19)25(32)20-10-11-23-21(14-20)22(15-27-23)24(31)26(33)28(3)4/h5-11,14-15,17-18,27H,12-13,16H2,1-4H3. The molecule has 3 aromatic rings. The first-order valence-electron chi connectivity index (χ1n) is 11.2. The number of nitrogens with one attached hydrogen (secondary N) is 1. The third-order valence-electron chi connectivity index (χ3n) is 6.52. The van der Waals surface area contributed by atoms with Gasteiger partial charge in [0, 0.05) is 68.5 Å². The maximum atomic E-state index is 13.3. The number of ketones is 1. The number of H-pyrrole nitrogens is 1. The lowest BCUT2D eigenvalue weighted by molar-refractivity contribution is -0.124. The minimum atomic E-state index is -0.592.